The van der Waals surface area contributed by atoms with Gasteiger partial charge in [0, 0.05) is 17.1 Å². The van der Waals surface area contributed by atoms with Crippen LogP contribution in [0.25, 0.3) is 0 Å². The molecule has 0 saturated heterocycles. The lowest BCUT2D eigenvalue weighted by atomic mass is 10.2. The quantitative estimate of drug-likeness (QED) is 0.871. The third kappa shape index (κ3) is 5.07. The molecule has 0 fully saturated rings. The molecule has 2 N–H and O–H groups in total. The molecule has 90 valence electrons. The van der Waals surface area contributed by atoms with Crippen molar-refractivity contribution in [3.63, 3.8) is 0 Å². The number of hydrogen-bond donors (Lipinski definition) is 2. The van der Waals surface area contributed by atoms with Gasteiger partial charge in [-0.3, -0.25) is 0 Å². The highest BCUT2D eigenvalue weighted by Gasteiger charge is 2.10. The highest BCUT2D eigenvalue weighted by atomic mass is 79.9. The molecule has 1 rings (SSSR count). The molecule has 0 atom stereocenters. The highest BCUT2D eigenvalue weighted by Crippen LogP contribution is 2.11. The Hall–Kier alpha value is -0.430. The molecule has 1 aromatic rings. The van der Waals surface area contributed by atoms with E-state index in [1.165, 1.54) is 0 Å². The molecule has 0 heterocycles. The van der Waals surface area contributed by atoms with E-state index < -0.39 is 10.2 Å². The standard InChI is InChI=1S/C10H15BrN2O2S/c1-8(2)13-16(14,15)12-7-9-4-3-5-10(11)6-9/h3-6,8,12-13H,7H2,1-2H3. The predicted octanol–water partition coefficient (Wildman–Crippen LogP) is 1.78. The maximum absolute atomic E-state index is 11.5. The normalized spacial score (nSPS) is 12.0. The smallest absolute Gasteiger partial charge is 0.200 e. The summed E-state index contributed by atoms with van der Waals surface area (Å²) in [5.41, 5.74) is 0.906. The summed E-state index contributed by atoms with van der Waals surface area (Å²) in [5, 5.41) is 0. The molecule has 0 amide bonds. The van der Waals surface area contributed by atoms with Gasteiger partial charge in [0.15, 0.2) is 0 Å². The Kier molecular flexibility index (Phi) is 4.91. The number of hydrogen-bond acceptors (Lipinski definition) is 2. The maximum atomic E-state index is 11.5. The third-order valence-corrected chi connectivity index (χ3v) is 3.55. The maximum Gasteiger partial charge on any atom is 0.277 e. The van der Waals surface area contributed by atoms with E-state index >= 15 is 0 Å². The molecular formula is C10H15BrN2O2S. The summed E-state index contributed by atoms with van der Waals surface area (Å²) in [6.45, 7) is 3.83. The first-order valence-electron chi connectivity index (χ1n) is 4.90. The summed E-state index contributed by atoms with van der Waals surface area (Å²) in [6, 6.07) is 7.38. The Bertz CT molecular complexity index is 446. The Morgan fingerprint density at radius 1 is 1.38 bits per heavy atom. The van der Waals surface area contributed by atoms with E-state index in [1.807, 2.05) is 24.3 Å². The zero-order valence-electron chi connectivity index (χ0n) is 9.20. The second kappa shape index (κ2) is 5.77. The minimum atomic E-state index is -3.41. The topological polar surface area (TPSA) is 58.2 Å². The van der Waals surface area contributed by atoms with Crippen molar-refractivity contribution in [3.05, 3.63) is 34.3 Å². The molecule has 0 radical (unpaired) electrons. The van der Waals surface area contributed by atoms with E-state index in [-0.39, 0.29) is 12.6 Å². The van der Waals surface area contributed by atoms with Crippen LogP contribution in [0, 0.1) is 0 Å². The van der Waals surface area contributed by atoms with E-state index in [9.17, 15) is 8.42 Å². The number of nitrogens with one attached hydrogen (secondary N) is 2. The second-order valence-electron chi connectivity index (χ2n) is 3.73. The van der Waals surface area contributed by atoms with Crippen LogP contribution in [0.3, 0.4) is 0 Å². The van der Waals surface area contributed by atoms with Gasteiger partial charge in [-0.05, 0) is 31.5 Å². The lowest BCUT2D eigenvalue weighted by molar-refractivity contribution is 0.554. The molecule has 16 heavy (non-hydrogen) atoms. The molecule has 0 bridgehead atoms. The van der Waals surface area contributed by atoms with E-state index in [1.54, 1.807) is 13.8 Å². The number of halogens is 1. The third-order valence-electron chi connectivity index (χ3n) is 1.75. The summed E-state index contributed by atoms with van der Waals surface area (Å²) in [5.74, 6) is 0. The van der Waals surface area contributed by atoms with Crippen molar-refractivity contribution in [1.82, 2.24) is 9.44 Å². The monoisotopic (exact) mass is 306 g/mol. The Labute approximate surface area is 105 Å². The molecule has 6 heteroatoms. The molecule has 0 unspecified atom stereocenters. The van der Waals surface area contributed by atoms with Gasteiger partial charge in [0.05, 0.1) is 0 Å². The van der Waals surface area contributed by atoms with Crippen LogP contribution in [0.15, 0.2) is 28.7 Å². The van der Waals surface area contributed by atoms with E-state index in [0.717, 1.165) is 10.0 Å². The zero-order valence-corrected chi connectivity index (χ0v) is 11.6. The average Bonchev–Trinajstić information content (AvgIpc) is 2.13. The van der Waals surface area contributed by atoms with Gasteiger partial charge in [0.1, 0.15) is 0 Å². The van der Waals surface area contributed by atoms with Crippen LogP contribution in [0.1, 0.15) is 19.4 Å². The summed E-state index contributed by atoms with van der Waals surface area (Å²) < 4.78 is 28.8. The van der Waals surface area contributed by atoms with Crippen LogP contribution in [0.5, 0.6) is 0 Å². The molecule has 0 aliphatic rings. The van der Waals surface area contributed by atoms with Crippen molar-refractivity contribution in [2.75, 3.05) is 0 Å². The average molecular weight is 307 g/mol. The molecule has 0 spiro atoms. The van der Waals surface area contributed by atoms with Crippen molar-refractivity contribution in [2.45, 2.75) is 26.4 Å². The van der Waals surface area contributed by atoms with Crippen molar-refractivity contribution in [1.29, 1.82) is 0 Å². The summed E-state index contributed by atoms with van der Waals surface area (Å²) in [7, 11) is -3.41. The van der Waals surface area contributed by atoms with E-state index in [4.69, 9.17) is 0 Å². The van der Waals surface area contributed by atoms with Crippen LogP contribution < -0.4 is 9.44 Å². The van der Waals surface area contributed by atoms with Crippen molar-refractivity contribution < 1.29 is 8.42 Å². The molecule has 1 aromatic carbocycles. The van der Waals surface area contributed by atoms with Crippen LogP contribution in [-0.2, 0) is 16.8 Å². The number of benzene rings is 1. The van der Waals surface area contributed by atoms with Gasteiger partial charge in [-0.15, -0.1) is 0 Å². The molecule has 0 aliphatic heterocycles. The molecule has 0 aliphatic carbocycles. The van der Waals surface area contributed by atoms with Gasteiger partial charge in [-0.1, -0.05) is 28.1 Å². The number of rotatable bonds is 5. The van der Waals surface area contributed by atoms with Crippen LogP contribution in [0.4, 0.5) is 0 Å². The van der Waals surface area contributed by atoms with Gasteiger partial charge in [-0.25, -0.2) is 0 Å². The summed E-state index contributed by atoms with van der Waals surface area (Å²) in [4.78, 5) is 0. The fourth-order valence-electron chi connectivity index (χ4n) is 1.18. The molecule has 0 aromatic heterocycles. The highest BCUT2D eigenvalue weighted by molar-refractivity contribution is 9.10. The van der Waals surface area contributed by atoms with Crippen molar-refractivity contribution >= 4 is 26.1 Å². The summed E-state index contributed by atoms with van der Waals surface area (Å²) >= 11 is 3.33. The zero-order chi connectivity index (χ0) is 12.2. The molecular weight excluding hydrogens is 292 g/mol. The molecule has 4 nitrogen and oxygen atoms in total. The summed E-state index contributed by atoms with van der Waals surface area (Å²) in [6.07, 6.45) is 0. The lowest BCUT2D eigenvalue weighted by Gasteiger charge is -2.10. The minimum Gasteiger partial charge on any atom is -0.200 e. The largest absolute Gasteiger partial charge is 0.277 e. The fourth-order valence-corrected chi connectivity index (χ4v) is 2.68. The van der Waals surface area contributed by atoms with Crippen molar-refractivity contribution in [3.8, 4) is 0 Å². The Morgan fingerprint density at radius 3 is 2.62 bits per heavy atom. The van der Waals surface area contributed by atoms with Gasteiger partial charge in [0.2, 0.25) is 0 Å². The second-order valence-corrected chi connectivity index (χ2v) is 6.17. The predicted molar refractivity (Wildman–Crippen MR) is 68.2 cm³/mol. The van der Waals surface area contributed by atoms with Gasteiger partial charge >= 0.3 is 0 Å². The van der Waals surface area contributed by atoms with E-state index in [2.05, 4.69) is 25.4 Å². The Morgan fingerprint density at radius 2 is 2.06 bits per heavy atom. The first kappa shape index (κ1) is 13.6. The van der Waals surface area contributed by atoms with Crippen LogP contribution >= 0.6 is 15.9 Å². The fraction of sp³-hybridized carbons (Fsp3) is 0.400. The Balaban J connectivity index is 2.58. The van der Waals surface area contributed by atoms with Crippen LogP contribution in [-0.4, -0.2) is 14.5 Å². The van der Waals surface area contributed by atoms with Gasteiger partial charge < -0.3 is 0 Å². The van der Waals surface area contributed by atoms with Gasteiger partial charge in [-0.2, -0.15) is 17.9 Å². The van der Waals surface area contributed by atoms with Crippen LogP contribution in [0.2, 0.25) is 0 Å². The first-order chi connectivity index (χ1) is 7.39. The first-order valence-corrected chi connectivity index (χ1v) is 7.18. The molecule has 0 saturated carbocycles. The van der Waals surface area contributed by atoms with Crippen molar-refractivity contribution in [2.24, 2.45) is 0 Å². The lowest BCUT2D eigenvalue weighted by Crippen LogP contribution is -2.39. The minimum absolute atomic E-state index is 0.111. The van der Waals surface area contributed by atoms with E-state index in [0.29, 0.717) is 0 Å². The SMILES string of the molecule is CC(C)NS(=O)(=O)NCc1cccc(Br)c1. The van der Waals surface area contributed by atoms with Gasteiger partial charge in [0.25, 0.3) is 10.2 Å².